The third-order valence-corrected chi connectivity index (χ3v) is 4.16. The van der Waals surface area contributed by atoms with Crippen LogP contribution in [0.5, 0.6) is 5.75 Å². The molecule has 1 aliphatic rings. The Hall–Kier alpha value is -1.06. The Morgan fingerprint density at radius 2 is 1.86 bits per heavy atom. The van der Waals surface area contributed by atoms with E-state index in [9.17, 15) is 0 Å². The van der Waals surface area contributed by atoms with Crippen LogP contribution < -0.4 is 10.1 Å². The quantitative estimate of drug-likeness (QED) is 0.886. The van der Waals surface area contributed by atoms with Gasteiger partial charge in [0.25, 0.3) is 0 Å². The Labute approximate surface area is 129 Å². The van der Waals surface area contributed by atoms with E-state index in [2.05, 4.69) is 71.1 Å². The lowest BCUT2D eigenvalue weighted by molar-refractivity contribution is -0.0846. The molecule has 0 spiro atoms. The molecule has 21 heavy (non-hydrogen) atoms. The van der Waals surface area contributed by atoms with E-state index in [0.29, 0.717) is 6.04 Å². The van der Waals surface area contributed by atoms with Crippen molar-refractivity contribution < 1.29 is 9.47 Å². The molecule has 0 bridgehead atoms. The third-order valence-electron chi connectivity index (χ3n) is 4.16. The van der Waals surface area contributed by atoms with Crippen molar-refractivity contribution in [2.24, 2.45) is 0 Å². The SMILES string of the molecule is CCNC(C)c1ccc(OC2CC(C)(C)OC2(C)C)cc1. The van der Waals surface area contributed by atoms with Gasteiger partial charge in [-0.3, -0.25) is 0 Å². The van der Waals surface area contributed by atoms with Gasteiger partial charge in [0, 0.05) is 12.5 Å². The predicted molar refractivity (Wildman–Crippen MR) is 86.8 cm³/mol. The van der Waals surface area contributed by atoms with Crippen molar-refractivity contribution in [1.82, 2.24) is 5.32 Å². The first-order valence-electron chi connectivity index (χ1n) is 7.94. The van der Waals surface area contributed by atoms with Crippen LogP contribution in [-0.4, -0.2) is 23.9 Å². The third kappa shape index (κ3) is 3.98. The number of nitrogens with one attached hydrogen (secondary N) is 1. The topological polar surface area (TPSA) is 30.5 Å². The van der Waals surface area contributed by atoms with Crippen LogP contribution in [0.25, 0.3) is 0 Å². The van der Waals surface area contributed by atoms with Gasteiger partial charge in [0.15, 0.2) is 0 Å². The second-order valence-electron chi connectivity index (χ2n) is 7.12. The Morgan fingerprint density at radius 3 is 2.33 bits per heavy atom. The highest BCUT2D eigenvalue weighted by atomic mass is 16.6. The molecule has 0 aliphatic carbocycles. The number of hydrogen-bond donors (Lipinski definition) is 1. The summed E-state index contributed by atoms with van der Waals surface area (Å²) in [7, 11) is 0. The minimum absolute atomic E-state index is 0.0875. The van der Waals surface area contributed by atoms with Crippen LogP contribution in [0.3, 0.4) is 0 Å². The molecule has 1 aromatic carbocycles. The molecule has 0 saturated carbocycles. The summed E-state index contributed by atoms with van der Waals surface area (Å²) in [4.78, 5) is 0. The van der Waals surface area contributed by atoms with Gasteiger partial charge in [-0.05, 0) is 58.9 Å². The molecule has 3 nitrogen and oxygen atoms in total. The van der Waals surface area contributed by atoms with Gasteiger partial charge in [-0.25, -0.2) is 0 Å². The molecule has 1 saturated heterocycles. The first kappa shape index (κ1) is 16.3. The largest absolute Gasteiger partial charge is 0.487 e. The molecule has 1 fully saturated rings. The van der Waals surface area contributed by atoms with Gasteiger partial charge in [-0.2, -0.15) is 0 Å². The Kier molecular flexibility index (Phi) is 4.64. The van der Waals surface area contributed by atoms with Crippen molar-refractivity contribution in [3.05, 3.63) is 29.8 Å². The standard InChI is InChI=1S/C18H29NO2/c1-7-19-13(2)14-8-10-15(11-9-14)20-16-12-17(3,4)21-18(16,5)6/h8-11,13,16,19H,7,12H2,1-6H3. The van der Waals surface area contributed by atoms with Gasteiger partial charge in [-0.1, -0.05) is 19.1 Å². The monoisotopic (exact) mass is 291 g/mol. The molecule has 0 aromatic heterocycles. The molecular weight excluding hydrogens is 262 g/mol. The number of ether oxygens (including phenoxy) is 2. The average molecular weight is 291 g/mol. The zero-order valence-corrected chi connectivity index (χ0v) is 14.2. The first-order chi connectivity index (χ1) is 9.73. The highest BCUT2D eigenvalue weighted by Crippen LogP contribution is 2.39. The zero-order chi connectivity index (χ0) is 15.7. The molecule has 1 N–H and O–H groups in total. The van der Waals surface area contributed by atoms with E-state index in [0.717, 1.165) is 18.7 Å². The Balaban J connectivity index is 2.04. The van der Waals surface area contributed by atoms with Crippen LogP contribution in [0.2, 0.25) is 0 Å². The second kappa shape index (κ2) is 5.98. The molecule has 1 aliphatic heterocycles. The summed E-state index contributed by atoms with van der Waals surface area (Å²) < 4.78 is 12.3. The summed E-state index contributed by atoms with van der Waals surface area (Å²) in [5.74, 6) is 0.918. The van der Waals surface area contributed by atoms with Gasteiger partial charge >= 0.3 is 0 Å². The minimum Gasteiger partial charge on any atom is -0.487 e. The predicted octanol–water partition coefficient (Wildman–Crippen LogP) is 4.08. The summed E-state index contributed by atoms with van der Waals surface area (Å²) in [6.07, 6.45) is 1.000. The molecular formula is C18H29NO2. The Bertz CT molecular complexity index is 465. The molecule has 0 radical (unpaired) electrons. The summed E-state index contributed by atoms with van der Waals surface area (Å²) in [5, 5.41) is 3.42. The van der Waals surface area contributed by atoms with E-state index in [-0.39, 0.29) is 17.3 Å². The lowest BCUT2D eigenvalue weighted by Crippen LogP contribution is -2.36. The molecule has 1 aromatic rings. The number of rotatable bonds is 5. The van der Waals surface area contributed by atoms with E-state index in [4.69, 9.17) is 9.47 Å². The van der Waals surface area contributed by atoms with Crippen molar-refractivity contribution in [1.29, 1.82) is 0 Å². The van der Waals surface area contributed by atoms with Crippen molar-refractivity contribution in [3.63, 3.8) is 0 Å². The van der Waals surface area contributed by atoms with Gasteiger partial charge in [0.2, 0.25) is 0 Å². The molecule has 1 heterocycles. The van der Waals surface area contributed by atoms with Crippen LogP contribution in [0.1, 0.15) is 59.6 Å². The Morgan fingerprint density at radius 1 is 1.24 bits per heavy atom. The molecule has 3 heteroatoms. The van der Waals surface area contributed by atoms with Gasteiger partial charge in [0.05, 0.1) is 5.60 Å². The minimum atomic E-state index is -0.251. The van der Waals surface area contributed by atoms with Crippen LogP contribution in [0, 0.1) is 0 Å². The number of benzene rings is 1. The molecule has 2 unspecified atom stereocenters. The highest BCUT2D eigenvalue weighted by molar-refractivity contribution is 5.29. The van der Waals surface area contributed by atoms with Crippen molar-refractivity contribution in [3.8, 4) is 5.75 Å². The van der Waals surface area contributed by atoms with Crippen molar-refractivity contribution in [2.75, 3.05) is 6.54 Å². The van der Waals surface area contributed by atoms with Crippen LogP contribution in [-0.2, 0) is 4.74 Å². The van der Waals surface area contributed by atoms with Crippen LogP contribution in [0.4, 0.5) is 0 Å². The average Bonchev–Trinajstić information content (AvgIpc) is 2.58. The van der Waals surface area contributed by atoms with Gasteiger partial charge in [-0.15, -0.1) is 0 Å². The van der Waals surface area contributed by atoms with Crippen LogP contribution >= 0.6 is 0 Å². The van der Waals surface area contributed by atoms with Crippen LogP contribution in [0.15, 0.2) is 24.3 Å². The highest BCUT2D eigenvalue weighted by Gasteiger charge is 2.47. The maximum atomic E-state index is 6.18. The van der Waals surface area contributed by atoms with Gasteiger partial charge < -0.3 is 14.8 Å². The van der Waals surface area contributed by atoms with Crippen molar-refractivity contribution >= 4 is 0 Å². The summed E-state index contributed by atoms with van der Waals surface area (Å²) in [6.45, 7) is 13.7. The van der Waals surface area contributed by atoms with E-state index in [1.54, 1.807) is 0 Å². The lowest BCUT2D eigenvalue weighted by Gasteiger charge is -2.27. The van der Waals surface area contributed by atoms with E-state index in [1.807, 2.05) is 0 Å². The molecule has 2 rings (SSSR count). The molecule has 0 amide bonds. The summed E-state index contributed by atoms with van der Waals surface area (Å²) >= 11 is 0. The fraction of sp³-hybridized carbons (Fsp3) is 0.667. The fourth-order valence-electron chi connectivity index (χ4n) is 3.12. The second-order valence-corrected chi connectivity index (χ2v) is 7.12. The normalized spacial score (nSPS) is 24.8. The van der Waals surface area contributed by atoms with E-state index >= 15 is 0 Å². The summed E-state index contributed by atoms with van der Waals surface area (Å²) in [5.41, 5.74) is 0.916. The van der Waals surface area contributed by atoms with E-state index < -0.39 is 0 Å². The number of hydrogen-bond acceptors (Lipinski definition) is 3. The summed E-state index contributed by atoms with van der Waals surface area (Å²) in [6, 6.07) is 8.76. The smallest absolute Gasteiger partial charge is 0.130 e. The fourth-order valence-corrected chi connectivity index (χ4v) is 3.12. The van der Waals surface area contributed by atoms with Gasteiger partial charge in [0.1, 0.15) is 17.5 Å². The van der Waals surface area contributed by atoms with E-state index in [1.165, 1.54) is 5.56 Å². The zero-order valence-electron chi connectivity index (χ0n) is 14.2. The molecule has 118 valence electrons. The molecule has 2 atom stereocenters. The van der Waals surface area contributed by atoms with Crippen molar-refractivity contribution in [2.45, 2.75) is 71.3 Å². The lowest BCUT2D eigenvalue weighted by atomic mass is 9.97. The first-order valence-corrected chi connectivity index (χ1v) is 7.94. The maximum Gasteiger partial charge on any atom is 0.130 e. The maximum absolute atomic E-state index is 6.18.